The number of rotatable bonds is 4. The number of carbonyl (C=O) groups excluding carboxylic acids is 1. The standard InChI is InChI=1S/C23H18N2O3/c1-25-22(26)19-15-9-8-14-18(19)20(24-25)23(27)28-21(16-10-4-2-5-11-16)17-12-6-3-7-13-17/h2-15,21H,1H3. The molecule has 0 atom stereocenters. The Balaban J connectivity index is 1.79. The van der Waals surface area contributed by atoms with Crippen LogP contribution in [0.25, 0.3) is 10.8 Å². The predicted octanol–water partition coefficient (Wildman–Crippen LogP) is 3.88. The van der Waals surface area contributed by atoms with E-state index < -0.39 is 12.1 Å². The van der Waals surface area contributed by atoms with Crippen LogP contribution >= 0.6 is 0 Å². The number of aromatic nitrogens is 2. The topological polar surface area (TPSA) is 61.2 Å². The van der Waals surface area contributed by atoms with Gasteiger partial charge in [-0.05, 0) is 17.2 Å². The van der Waals surface area contributed by atoms with Gasteiger partial charge in [-0.1, -0.05) is 78.9 Å². The molecule has 0 saturated heterocycles. The van der Waals surface area contributed by atoms with Crippen LogP contribution in [-0.2, 0) is 11.8 Å². The predicted molar refractivity (Wildman–Crippen MR) is 107 cm³/mol. The van der Waals surface area contributed by atoms with Crippen molar-refractivity contribution in [2.45, 2.75) is 6.10 Å². The fourth-order valence-corrected chi connectivity index (χ4v) is 3.20. The summed E-state index contributed by atoms with van der Waals surface area (Å²) in [4.78, 5) is 25.4. The summed E-state index contributed by atoms with van der Waals surface area (Å²) in [5.41, 5.74) is 1.58. The summed E-state index contributed by atoms with van der Waals surface area (Å²) in [6, 6.07) is 26.0. The van der Waals surface area contributed by atoms with Crippen LogP contribution in [-0.4, -0.2) is 15.7 Å². The molecule has 0 bridgehead atoms. The first-order valence-electron chi connectivity index (χ1n) is 8.92. The zero-order valence-corrected chi connectivity index (χ0v) is 15.3. The molecule has 0 spiro atoms. The molecule has 4 rings (SSSR count). The first-order chi connectivity index (χ1) is 13.6. The molecule has 0 aliphatic heterocycles. The van der Waals surface area contributed by atoms with Gasteiger partial charge in [0, 0.05) is 12.4 Å². The van der Waals surface area contributed by atoms with E-state index in [4.69, 9.17) is 4.74 Å². The first kappa shape index (κ1) is 17.7. The molecule has 4 aromatic rings. The van der Waals surface area contributed by atoms with E-state index in [9.17, 15) is 9.59 Å². The fraction of sp³-hybridized carbons (Fsp3) is 0.0870. The van der Waals surface area contributed by atoms with Gasteiger partial charge >= 0.3 is 5.97 Å². The highest BCUT2D eigenvalue weighted by Crippen LogP contribution is 2.27. The normalized spacial score (nSPS) is 10.9. The Kier molecular flexibility index (Phi) is 4.72. The van der Waals surface area contributed by atoms with E-state index in [0.717, 1.165) is 11.1 Å². The molecular formula is C23H18N2O3. The third-order valence-electron chi connectivity index (χ3n) is 4.58. The van der Waals surface area contributed by atoms with Crippen LogP contribution in [0.5, 0.6) is 0 Å². The van der Waals surface area contributed by atoms with Crippen LogP contribution in [0.2, 0.25) is 0 Å². The molecule has 0 aliphatic rings. The van der Waals surface area contributed by atoms with Crippen molar-refractivity contribution in [3.8, 4) is 0 Å². The van der Waals surface area contributed by atoms with E-state index in [2.05, 4.69) is 5.10 Å². The lowest BCUT2D eigenvalue weighted by Gasteiger charge is -2.19. The minimum atomic E-state index is -0.579. The van der Waals surface area contributed by atoms with Crippen LogP contribution in [0.15, 0.2) is 89.7 Å². The summed E-state index contributed by atoms with van der Waals surface area (Å²) in [5.74, 6) is -0.579. The molecule has 5 heteroatoms. The summed E-state index contributed by atoms with van der Waals surface area (Å²) >= 11 is 0. The van der Waals surface area contributed by atoms with Gasteiger partial charge in [-0.2, -0.15) is 5.10 Å². The van der Waals surface area contributed by atoms with Crippen LogP contribution in [0.3, 0.4) is 0 Å². The molecule has 3 aromatic carbocycles. The van der Waals surface area contributed by atoms with Crippen molar-refractivity contribution in [3.05, 3.63) is 112 Å². The maximum Gasteiger partial charge on any atom is 0.360 e. The number of hydrogen-bond acceptors (Lipinski definition) is 4. The second kappa shape index (κ2) is 7.48. The Labute approximate surface area is 161 Å². The molecule has 0 fully saturated rings. The molecule has 0 N–H and O–H groups in total. The number of fused-ring (bicyclic) bond motifs is 1. The first-order valence-corrected chi connectivity index (χ1v) is 8.92. The minimum Gasteiger partial charge on any atom is -0.448 e. The molecular weight excluding hydrogens is 352 g/mol. The molecule has 0 saturated carbocycles. The number of ether oxygens (including phenoxy) is 1. The average Bonchev–Trinajstić information content (AvgIpc) is 2.75. The summed E-state index contributed by atoms with van der Waals surface area (Å²) < 4.78 is 7.06. The van der Waals surface area contributed by atoms with Crippen molar-refractivity contribution < 1.29 is 9.53 Å². The summed E-state index contributed by atoms with van der Waals surface area (Å²) in [6.45, 7) is 0. The van der Waals surface area contributed by atoms with Gasteiger partial charge < -0.3 is 4.74 Å². The molecule has 0 unspecified atom stereocenters. The highest BCUT2D eigenvalue weighted by molar-refractivity contribution is 6.02. The number of hydrogen-bond donors (Lipinski definition) is 0. The van der Waals surface area contributed by atoms with Crippen molar-refractivity contribution in [2.75, 3.05) is 0 Å². The Hall–Kier alpha value is -3.73. The lowest BCUT2D eigenvalue weighted by Crippen LogP contribution is -2.24. The second-order valence-electron chi connectivity index (χ2n) is 6.43. The third kappa shape index (κ3) is 3.30. The van der Waals surface area contributed by atoms with Gasteiger partial charge in [-0.15, -0.1) is 0 Å². The highest BCUT2D eigenvalue weighted by Gasteiger charge is 2.23. The van der Waals surface area contributed by atoms with Crippen LogP contribution in [0.1, 0.15) is 27.7 Å². The van der Waals surface area contributed by atoms with Crippen LogP contribution < -0.4 is 5.56 Å². The third-order valence-corrected chi connectivity index (χ3v) is 4.58. The number of aryl methyl sites for hydroxylation is 1. The van der Waals surface area contributed by atoms with E-state index in [1.54, 1.807) is 24.3 Å². The van der Waals surface area contributed by atoms with Crippen molar-refractivity contribution >= 4 is 16.7 Å². The van der Waals surface area contributed by atoms with Crippen LogP contribution in [0, 0.1) is 0 Å². The second-order valence-corrected chi connectivity index (χ2v) is 6.43. The Bertz CT molecular complexity index is 1150. The van der Waals surface area contributed by atoms with E-state index in [0.29, 0.717) is 10.8 Å². The molecule has 138 valence electrons. The molecule has 0 amide bonds. The van der Waals surface area contributed by atoms with Gasteiger partial charge in [0.25, 0.3) is 5.56 Å². The van der Waals surface area contributed by atoms with Gasteiger partial charge in [-0.25, -0.2) is 9.48 Å². The lowest BCUT2D eigenvalue weighted by atomic mass is 10.0. The summed E-state index contributed by atoms with van der Waals surface area (Å²) in [7, 11) is 1.53. The lowest BCUT2D eigenvalue weighted by molar-refractivity contribution is 0.0371. The van der Waals surface area contributed by atoms with Gasteiger partial charge in [0.2, 0.25) is 0 Å². The molecule has 5 nitrogen and oxygen atoms in total. The fourth-order valence-electron chi connectivity index (χ4n) is 3.20. The van der Waals surface area contributed by atoms with Gasteiger partial charge in [0.05, 0.1) is 5.39 Å². The summed E-state index contributed by atoms with van der Waals surface area (Å²) in [6.07, 6.45) is -0.576. The molecule has 28 heavy (non-hydrogen) atoms. The number of nitrogens with zero attached hydrogens (tertiary/aromatic N) is 2. The Morgan fingerprint density at radius 3 is 1.89 bits per heavy atom. The number of esters is 1. The van der Waals surface area contributed by atoms with Crippen LogP contribution in [0.4, 0.5) is 0 Å². The van der Waals surface area contributed by atoms with E-state index in [1.807, 2.05) is 60.7 Å². The monoisotopic (exact) mass is 370 g/mol. The maximum absolute atomic E-state index is 13.1. The van der Waals surface area contributed by atoms with Crippen molar-refractivity contribution in [2.24, 2.45) is 7.05 Å². The Morgan fingerprint density at radius 2 is 1.32 bits per heavy atom. The minimum absolute atomic E-state index is 0.120. The van der Waals surface area contributed by atoms with Gasteiger partial charge in [0.1, 0.15) is 0 Å². The SMILES string of the molecule is Cn1nc(C(=O)OC(c2ccccc2)c2ccccc2)c2ccccc2c1=O. The van der Waals surface area contributed by atoms with E-state index in [-0.39, 0.29) is 11.3 Å². The summed E-state index contributed by atoms with van der Waals surface area (Å²) in [5, 5.41) is 5.09. The van der Waals surface area contributed by atoms with Crippen molar-refractivity contribution in [3.63, 3.8) is 0 Å². The van der Waals surface area contributed by atoms with E-state index >= 15 is 0 Å². The molecule has 0 radical (unpaired) electrons. The largest absolute Gasteiger partial charge is 0.448 e. The smallest absolute Gasteiger partial charge is 0.360 e. The quantitative estimate of drug-likeness (QED) is 0.512. The zero-order valence-electron chi connectivity index (χ0n) is 15.3. The zero-order chi connectivity index (χ0) is 19.5. The average molecular weight is 370 g/mol. The number of benzene rings is 3. The van der Waals surface area contributed by atoms with Gasteiger partial charge in [-0.3, -0.25) is 4.79 Å². The number of carbonyl (C=O) groups is 1. The molecule has 1 aromatic heterocycles. The van der Waals surface area contributed by atoms with E-state index in [1.165, 1.54) is 11.7 Å². The highest BCUT2D eigenvalue weighted by atomic mass is 16.5. The Morgan fingerprint density at radius 1 is 0.821 bits per heavy atom. The van der Waals surface area contributed by atoms with Gasteiger partial charge in [0.15, 0.2) is 11.8 Å². The molecule has 1 heterocycles. The maximum atomic E-state index is 13.1. The molecule has 0 aliphatic carbocycles. The van der Waals surface area contributed by atoms with Crippen molar-refractivity contribution in [1.82, 2.24) is 9.78 Å². The van der Waals surface area contributed by atoms with Crippen molar-refractivity contribution in [1.29, 1.82) is 0 Å².